The Labute approximate surface area is 128 Å². The molecule has 21 heavy (non-hydrogen) atoms. The second-order valence-electron chi connectivity index (χ2n) is 5.32. The summed E-state index contributed by atoms with van der Waals surface area (Å²) in [5.41, 5.74) is 5.81. The topological polar surface area (TPSA) is 41.5 Å². The Morgan fingerprint density at radius 3 is 2.52 bits per heavy atom. The molecular formula is C17H15ClN2O. The monoisotopic (exact) mass is 298 g/mol. The number of aryl methyl sites for hydroxylation is 3. The van der Waals surface area contributed by atoms with E-state index in [9.17, 15) is 4.79 Å². The van der Waals surface area contributed by atoms with E-state index in [1.54, 1.807) is 6.07 Å². The molecule has 1 amide bonds. The lowest BCUT2D eigenvalue weighted by Gasteiger charge is -2.05. The van der Waals surface area contributed by atoms with Crippen molar-refractivity contribution >= 4 is 34.6 Å². The predicted octanol–water partition coefficient (Wildman–Crippen LogP) is 4.34. The first-order valence-corrected chi connectivity index (χ1v) is 7.12. The van der Waals surface area contributed by atoms with Crippen molar-refractivity contribution in [1.29, 1.82) is 0 Å². The smallest absolute Gasteiger partial charge is 0.275 e. The molecule has 0 aromatic heterocycles. The maximum absolute atomic E-state index is 12.2. The number of hydrogen-bond acceptors (Lipinski definition) is 2. The standard InChI is InChI=1S/C17H15ClN2O/c1-9-4-7-13(11(3)8-9)19-16-14-12(18)6-5-10(2)15(14)20-17(16)21/h4-8H,1-3H3,(H,19,20,21). The number of fused-ring (bicyclic) bond motifs is 1. The van der Waals surface area contributed by atoms with Gasteiger partial charge in [0.2, 0.25) is 0 Å². The van der Waals surface area contributed by atoms with Crippen LogP contribution in [0.2, 0.25) is 5.02 Å². The molecular weight excluding hydrogens is 284 g/mol. The normalized spacial score (nSPS) is 15.2. The lowest BCUT2D eigenvalue weighted by Crippen LogP contribution is -2.14. The largest absolute Gasteiger partial charge is 0.320 e. The van der Waals surface area contributed by atoms with Crippen molar-refractivity contribution in [2.45, 2.75) is 20.8 Å². The van der Waals surface area contributed by atoms with Crippen molar-refractivity contribution < 1.29 is 4.79 Å². The third kappa shape index (κ3) is 2.34. The van der Waals surface area contributed by atoms with Crippen LogP contribution in [0.4, 0.5) is 11.4 Å². The molecule has 0 unspecified atom stereocenters. The summed E-state index contributed by atoms with van der Waals surface area (Å²) >= 11 is 6.26. The van der Waals surface area contributed by atoms with Crippen LogP contribution in [0, 0.1) is 20.8 Å². The van der Waals surface area contributed by atoms with E-state index in [1.165, 1.54) is 5.56 Å². The van der Waals surface area contributed by atoms with Gasteiger partial charge in [0, 0.05) is 5.56 Å². The molecule has 1 heterocycles. The minimum atomic E-state index is -0.207. The molecule has 0 saturated carbocycles. The predicted molar refractivity (Wildman–Crippen MR) is 86.9 cm³/mol. The van der Waals surface area contributed by atoms with E-state index in [-0.39, 0.29) is 5.91 Å². The van der Waals surface area contributed by atoms with Crippen LogP contribution in [0.15, 0.2) is 35.3 Å². The fraction of sp³-hybridized carbons (Fsp3) is 0.176. The number of benzene rings is 2. The molecule has 1 N–H and O–H groups in total. The maximum Gasteiger partial charge on any atom is 0.275 e. The third-order valence-electron chi connectivity index (χ3n) is 3.64. The van der Waals surface area contributed by atoms with Gasteiger partial charge in [-0.3, -0.25) is 4.79 Å². The average molecular weight is 299 g/mol. The second-order valence-corrected chi connectivity index (χ2v) is 5.73. The minimum Gasteiger partial charge on any atom is -0.320 e. The van der Waals surface area contributed by atoms with Crippen LogP contribution in [-0.2, 0) is 4.79 Å². The van der Waals surface area contributed by atoms with Crippen molar-refractivity contribution in [2.75, 3.05) is 5.32 Å². The first-order valence-electron chi connectivity index (χ1n) is 6.74. The molecule has 0 radical (unpaired) electrons. The van der Waals surface area contributed by atoms with Gasteiger partial charge in [-0.05, 0) is 44.0 Å². The summed E-state index contributed by atoms with van der Waals surface area (Å²) < 4.78 is 0. The van der Waals surface area contributed by atoms with Crippen LogP contribution in [0.25, 0.3) is 0 Å². The van der Waals surface area contributed by atoms with Gasteiger partial charge in [0.05, 0.1) is 16.4 Å². The van der Waals surface area contributed by atoms with Gasteiger partial charge < -0.3 is 5.32 Å². The number of halogens is 1. The van der Waals surface area contributed by atoms with E-state index in [2.05, 4.69) is 10.3 Å². The van der Waals surface area contributed by atoms with Crippen molar-refractivity contribution in [3.63, 3.8) is 0 Å². The highest BCUT2D eigenvalue weighted by Crippen LogP contribution is 2.34. The summed E-state index contributed by atoms with van der Waals surface area (Å²) in [7, 11) is 0. The first kappa shape index (κ1) is 13.8. The van der Waals surface area contributed by atoms with Gasteiger partial charge in [0.25, 0.3) is 5.91 Å². The fourth-order valence-electron chi connectivity index (χ4n) is 2.52. The zero-order valence-corrected chi connectivity index (χ0v) is 12.9. The number of anilines is 1. The van der Waals surface area contributed by atoms with Crippen LogP contribution in [-0.4, -0.2) is 11.6 Å². The highest BCUT2D eigenvalue weighted by atomic mass is 35.5. The van der Waals surface area contributed by atoms with Gasteiger partial charge in [0.15, 0.2) is 0 Å². The second kappa shape index (κ2) is 5.01. The molecule has 0 fully saturated rings. The van der Waals surface area contributed by atoms with Gasteiger partial charge in [-0.15, -0.1) is 0 Å². The Morgan fingerprint density at radius 1 is 1.05 bits per heavy atom. The number of nitrogens with one attached hydrogen (secondary N) is 1. The van der Waals surface area contributed by atoms with Gasteiger partial charge in [-0.1, -0.05) is 35.4 Å². The molecule has 2 aromatic carbocycles. The fourth-order valence-corrected chi connectivity index (χ4v) is 2.77. The molecule has 106 valence electrons. The maximum atomic E-state index is 12.2. The van der Waals surface area contributed by atoms with Gasteiger partial charge in [-0.25, -0.2) is 4.99 Å². The van der Waals surface area contributed by atoms with Crippen molar-refractivity contribution in [3.8, 4) is 0 Å². The number of nitrogens with zero attached hydrogens (tertiary/aromatic N) is 1. The number of carbonyl (C=O) groups excluding carboxylic acids is 1. The molecule has 0 saturated heterocycles. The summed E-state index contributed by atoms with van der Waals surface area (Å²) in [4.78, 5) is 16.8. The van der Waals surface area contributed by atoms with Gasteiger partial charge in [-0.2, -0.15) is 0 Å². The zero-order valence-electron chi connectivity index (χ0n) is 12.1. The number of rotatable bonds is 1. The molecule has 0 atom stereocenters. The van der Waals surface area contributed by atoms with Crippen molar-refractivity contribution in [3.05, 3.63) is 57.6 Å². The molecule has 1 aliphatic rings. The SMILES string of the molecule is Cc1ccc(N=C2C(=O)Nc3c(C)ccc(Cl)c32)c(C)c1. The number of amides is 1. The van der Waals surface area contributed by atoms with Crippen LogP contribution in [0.5, 0.6) is 0 Å². The first-order chi connectivity index (χ1) is 9.97. The Hall–Kier alpha value is -2.13. The Morgan fingerprint density at radius 2 is 1.81 bits per heavy atom. The molecule has 0 spiro atoms. The minimum absolute atomic E-state index is 0.207. The Kier molecular flexibility index (Phi) is 3.30. The molecule has 3 rings (SSSR count). The molecule has 1 aliphatic heterocycles. The van der Waals surface area contributed by atoms with Crippen LogP contribution >= 0.6 is 11.6 Å². The lowest BCUT2D eigenvalue weighted by atomic mass is 10.1. The van der Waals surface area contributed by atoms with Gasteiger partial charge >= 0.3 is 0 Å². The lowest BCUT2D eigenvalue weighted by molar-refractivity contribution is -0.110. The Bertz CT molecular complexity index is 794. The summed E-state index contributed by atoms with van der Waals surface area (Å²) in [6.45, 7) is 5.95. The average Bonchev–Trinajstić information content (AvgIpc) is 2.76. The molecule has 4 heteroatoms. The summed E-state index contributed by atoms with van der Waals surface area (Å²) in [5, 5.41) is 3.39. The molecule has 0 aliphatic carbocycles. The zero-order chi connectivity index (χ0) is 15.1. The quantitative estimate of drug-likeness (QED) is 0.836. The van der Waals surface area contributed by atoms with E-state index in [1.807, 2.05) is 45.0 Å². The highest BCUT2D eigenvalue weighted by molar-refractivity contribution is 6.57. The molecule has 3 nitrogen and oxygen atoms in total. The molecule has 0 bridgehead atoms. The van der Waals surface area contributed by atoms with E-state index >= 15 is 0 Å². The molecule has 2 aromatic rings. The summed E-state index contributed by atoms with van der Waals surface area (Å²) in [5.74, 6) is -0.207. The summed E-state index contributed by atoms with van der Waals surface area (Å²) in [6, 6.07) is 9.64. The van der Waals surface area contributed by atoms with Crippen molar-refractivity contribution in [1.82, 2.24) is 0 Å². The van der Waals surface area contributed by atoms with Crippen LogP contribution in [0.1, 0.15) is 22.3 Å². The summed E-state index contributed by atoms with van der Waals surface area (Å²) in [6.07, 6.45) is 0. The van der Waals surface area contributed by atoms with E-state index in [0.717, 1.165) is 22.5 Å². The number of hydrogen-bond donors (Lipinski definition) is 1. The van der Waals surface area contributed by atoms with Gasteiger partial charge in [0.1, 0.15) is 5.71 Å². The van der Waals surface area contributed by atoms with Crippen LogP contribution in [0.3, 0.4) is 0 Å². The number of aliphatic imine (C=N–C) groups is 1. The Balaban J connectivity index is 2.19. The van der Waals surface area contributed by atoms with E-state index in [4.69, 9.17) is 11.6 Å². The number of carbonyl (C=O) groups is 1. The van der Waals surface area contributed by atoms with Crippen LogP contribution < -0.4 is 5.32 Å². The van der Waals surface area contributed by atoms with E-state index < -0.39 is 0 Å². The van der Waals surface area contributed by atoms with Crippen molar-refractivity contribution in [2.24, 2.45) is 4.99 Å². The highest BCUT2D eigenvalue weighted by Gasteiger charge is 2.29. The third-order valence-corrected chi connectivity index (χ3v) is 3.95. The van der Waals surface area contributed by atoms with E-state index in [0.29, 0.717) is 16.3 Å².